The van der Waals surface area contributed by atoms with E-state index in [2.05, 4.69) is 74.3 Å². The molecule has 0 spiro atoms. The maximum Gasteiger partial charge on any atom is 0.164 e. The fraction of sp³-hybridized carbons (Fsp3) is 0.419. The SMILES string of the molecule is CC(C)(C)c1cc(-c2nccc3c4c(oc23)-c2cnccc2CC4)[c-]c2ccccc12.CCC(C)(CC)C(=O)/C=C(\O)C(C)(CC)CC.[Ir]. The molecule has 0 fully saturated rings. The van der Waals surface area contributed by atoms with E-state index >= 15 is 0 Å². The number of hydrogen-bond acceptors (Lipinski definition) is 5. The van der Waals surface area contributed by atoms with Crippen molar-refractivity contribution in [1.82, 2.24) is 9.97 Å². The van der Waals surface area contributed by atoms with Crippen molar-refractivity contribution < 1.29 is 34.4 Å². The molecular weight excluding hydrogens is 785 g/mol. The van der Waals surface area contributed by atoms with E-state index in [1.807, 2.05) is 60.1 Å². The van der Waals surface area contributed by atoms with E-state index < -0.39 is 0 Å². The predicted molar refractivity (Wildman–Crippen MR) is 198 cm³/mol. The van der Waals surface area contributed by atoms with Gasteiger partial charge in [0, 0.05) is 77.8 Å². The topological polar surface area (TPSA) is 76.2 Å². The molecule has 1 aliphatic rings. The Morgan fingerprint density at radius 1 is 0.898 bits per heavy atom. The van der Waals surface area contributed by atoms with Gasteiger partial charge in [-0.05, 0) is 61.6 Å². The van der Waals surface area contributed by atoms with Gasteiger partial charge in [-0.1, -0.05) is 91.5 Å². The number of aromatic nitrogens is 2. The van der Waals surface area contributed by atoms with E-state index in [-0.39, 0.29) is 47.9 Å². The van der Waals surface area contributed by atoms with Crippen molar-refractivity contribution in [2.24, 2.45) is 10.8 Å². The molecule has 5 aromatic rings. The number of carbonyl (C=O) groups excluding carboxylic acids is 1. The van der Waals surface area contributed by atoms with Crippen LogP contribution < -0.4 is 0 Å². The summed E-state index contributed by atoms with van der Waals surface area (Å²) in [6.07, 6.45) is 12.4. The van der Waals surface area contributed by atoms with Gasteiger partial charge in [-0.3, -0.25) is 14.8 Å². The fourth-order valence-corrected chi connectivity index (χ4v) is 6.50. The van der Waals surface area contributed by atoms with Gasteiger partial charge in [-0.25, -0.2) is 0 Å². The van der Waals surface area contributed by atoms with Crippen LogP contribution in [0, 0.1) is 16.9 Å². The molecule has 2 aromatic carbocycles. The number of furan rings is 1. The molecule has 0 amide bonds. The third kappa shape index (κ3) is 7.47. The van der Waals surface area contributed by atoms with E-state index in [9.17, 15) is 9.90 Å². The minimum absolute atomic E-state index is 0. The Morgan fingerprint density at radius 3 is 2.22 bits per heavy atom. The van der Waals surface area contributed by atoms with E-state index in [0.29, 0.717) is 0 Å². The van der Waals surface area contributed by atoms with Crippen molar-refractivity contribution in [3.63, 3.8) is 0 Å². The molecule has 0 unspecified atom stereocenters. The molecule has 5 nitrogen and oxygen atoms in total. The number of pyridine rings is 2. The molecule has 3 aromatic heterocycles. The zero-order valence-corrected chi connectivity index (χ0v) is 33.0. The van der Waals surface area contributed by atoms with Crippen LogP contribution in [0.3, 0.4) is 0 Å². The number of aliphatic hydroxyl groups is 1. The van der Waals surface area contributed by atoms with Crippen LogP contribution >= 0.6 is 0 Å². The number of allylic oxidation sites excluding steroid dienone is 2. The molecule has 1 N–H and O–H groups in total. The average Bonchev–Trinajstić information content (AvgIpc) is 3.49. The van der Waals surface area contributed by atoms with E-state index in [1.54, 1.807) is 0 Å². The fourth-order valence-electron chi connectivity index (χ4n) is 6.50. The number of fused-ring (bicyclic) bond motifs is 6. The number of ketones is 1. The number of hydrogen-bond donors (Lipinski definition) is 1. The number of nitrogens with zero attached hydrogens (tertiary/aromatic N) is 2. The maximum atomic E-state index is 12.2. The summed E-state index contributed by atoms with van der Waals surface area (Å²) < 4.78 is 6.52. The van der Waals surface area contributed by atoms with Crippen LogP contribution in [-0.2, 0) is 43.2 Å². The summed E-state index contributed by atoms with van der Waals surface area (Å²) in [4.78, 5) is 21.3. The molecule has 6 rings (SSSR count). The second-order valence-electron chi connectivity index (χ2n) is 14.8. The molecule has 0 saturated heterocycles. The largest absolute Gasteiger partial charge is 0.512 e. The van der Waals surface area contributed by atoms with Crippen LogP contribution in [0.25, 0.3) is 44.3 Å². The number of benzene rings is 2. The summed E-state index contributed by atoms with van der Waals surface area (Å²) in [6.45, 7) is 18.8. The van der Waals surface area contributed by atoms with Crippen LogP contribution in [-0.4, -0.2) is 20.9 Å². The molecule has 3 heterocycles. The van der Waals surface area contributed by atoms with E-state index in [4.69, 9.17) is 9.40 Å². The first-order valence-electron chi connectivity index (χ1n) is 17.5. The summed E-state index contributed by atoms with van der Waals surface area (Å²) in [6, 6.07) is 18.5. The van der Waals surface area contributed by atoms with Gasteiger partial charge in [-0.15, -0.1) is 29.1 Å². The minimum Gasteiger partial charge on any atom is -0.512 e. The number of rotatable bonds is 8. The summed E-state index contributed by atoms with van der Waals surface area (Å²) in [5.74, 6) is 1.23. The third-order valence-electron chi connectivity index (χ3n) is 10.9. The first kappa shape index (κ1) is 38.2. The predicted octanol–water partition coefficient (Wildman–Crippen LogP) is 11.6. The molecular formula is C43H51IrN2O3-. The van der Waals surface area contributed by atoms with Gasteiger partial charge in [0.05, 0.1) is 0 Å². The molecule has 6 heteroatoms. The molecule has 0 aliphatic heterocycles. The monoisotopic (exact) mass is 836 g/mol. The van der Waals surface area contributed by atoms with Crippen LogP contribution in [0.5, 0.6) is 0 Å². The number of carbonyl (C=O) groups is 1. The van der Waals surface area contributed by atoms with Gasteiger partial charge in [0.15, 0.2) is 5.78 Å². The van der Waals surface area contributed by atoms with Crippen molar-refractivity contribution >= 4 is 27.5 Å². The van der Waals surface area contributed by atoms with Gasteiger partial charge in [0.25, 0.3) is 0 Å². The average molecular weight is 836 g/mol. The van der Waals surface area contributed by atoms with Crippen LogP contribution in [0.1, 0.15) is 105 Å². The minimum atomic E-state index is -0.337. The van der Waals surface area contributed by atoms with Gasteiger partial charge < -0.3 is 9.52 Å². The molecule has 0 bridgehead atoms. The Bertz CT molecular complexity index is 1970. The number of aryl methyl sites for hydroxylation is 2. The van der Waals surface area contributed by atoms with Crippen molar-refractivity contribution in [1.29, 1.82) is 0 Å². The van der Waals surface area contributed by atoms with Crippen molar-refractivity contribution in [3.8, 4) is 22.6 Å². The van der Waals surface area contributed by atoms with Gasteiger partial charge in [0.2, 0.25) is 0 Å². The summed E-state index contributed by atoms with van der Waals surface area (Å²) in [5.41, 5.74) is 7.03. The Kier molecular flexibility index (Phi) is 11.8. The Morgan fingerprint density at radius 2 is 1.57 bits per heavy atom. The second kappa shape index (κ2) is 15.1. The van der Waals surface area contributed by atoms with Gasteiger partial charge in [-0.2, -0.15) is 0 Å². The van der Waals surface area contributed by atoms with Crippen molar-refractivity contribution in [2.75, 3.05) is 0 Å². The van der Waals surface area contributed by atoms with Crippen LogP contribution in [0.15, 0.2) is 77.3 Å². The molecule has 0 atom stereocenters. The third-order valence-corrected chi connectivity index (χ3v) is 10.9. The second-order valence-corrected chi connectivity index (χ2v) is 14.8. The standard InChI is InChI=1S/C28H23N2O.C15H28O2.Ir/c1-28(2,3)24-15-19(14-18-6-4-5-7-20(18)24)25-27-22(11-13-30-25)21-9-8-17-10-12-29-16-23(17)26(21)31-27;1-7-14(5,8-2)12(16)11-13(17)15(6,9-3)10-4;/h4-7,10-13,15-16H,8-9H2,1-3H3;11,16H,7-10H2,1-6H3;/q-1;;/b;12-11-;. The van der Waals surface area contributed by atoms with Crippen LogP contribution in [0.2, 0.25) is 0 Å². The quantitative estimate of drug-likeness (QED) is 0.0957. The Labute approximate surface area is 306 Å². The molecule has 1 radical (unpaired) electrons. The normalized spacial score (nSPS) is 13.3. The Hall–Kier alpha value is -3.60. The summed E-state index contributed by atoms with van der Waals surface area (Å²) in [7, 11) is 0. The molecule has 261 valence electrons. The smallest absolute Gasteiger partial charge is 0.164 e. The Balaban J connectivity index is 0.000000260. The van der Waals surface area contributed by atoms with Crippen molar-refractivity contribution in [3.05, 3.63) is 95.6 Å². The first-order chi connectivity index (χ1) is 22.8. The van der Waals surface area contributed by atoms with Crippen molar-refractivity contribution in [2.45, 2.75) is 106 Å². The number of aliphatic hydroxyl groups excluding tert-OH is 1. The first-order valence-corrected chi connectivity index (χ1v) is 17.5. The van der Waals surface area contributed by atoms with Gasteiger partial charge in [0.1, 0.15) is 17.1 Å². The van der Waals surface area contributed by atoms with Crippen LogP contribution in [0.4, 0.5) is 0 Å². The maximum absolute atomic E-state index is 12.2. The zero-order chi connectivity index (χ0) is 34.9. The van der Waals surface area contributed by atoms with Gasteiger partial charge >= 0.3 is 0 Å². The van der Waals surface area contributed by atoms with E-state index in [1.165, 1.54) is 28.2 Å². The molecule has 49 heavy (non-hydrogen) atoms. The van der Waals surface area contributed by atoms with E-state index in [0.717, 1.165) is 77.5 Å². The molecule has 1 aliphatic carbocycles. The summed E-state index contributed by atoms with van der Waals surface area (Å²) >= 11 is 0. The zero-order valence-electron chi connectivity index (χ0n) is 30.6. The molecule has 0 saturated carbocycles. The summed E-state index contributed by atoms with van der Waals surface area (Å²) in [5, 5.41) is 13.6.